The lowest BCUT2D eigenvalue weighted by Crippen LogP contribution is -2.33. The van der Waals surface area contributed by atoms with E-state index in [0.717, 1.165) is 44.6 Å². The Labute approximate surface area is 176 Å². The normalized spacial score (nSPS) is 11.8. The summed E-state index contributed by atoms with van der Waals surface area (Å²) < 4.78 is 27.8. The van der Waals surface area contributed by atoms with Gasteiger partial charge in [0.15, 0.2) is 0 Å². The molecule has 0 fully saturated rings. The molecule has 0 N–H and O–H groups in total. The average Bonchev–Trinajstić information content (AvgIpc) is 2.71. The molecule has 1 aromatic rings. The Morgan fingerprint density at radius 2 is 1.38 bits per heavy atom. The number of nitrogens with zero attached hydrogens (tertiary/aromatic N) is 2. The van der Waals surface area contributed by atoms with Crippen LogP contribution in [0.2, 0.25) is 0 Å². The van der Waals surface area contributed by atoms with Crippen molar-refractivity contribution in [1.82, 2.24) is 4.31 Å². The molecule has 6 nitrogen and oxygen atoms in total. The number of rotatable bonds is 17. The van der Waals surface area contributed by atoms with Crippen molar-refractivity contribution in [1.29, 1.82) is 0 Å². The van der Waals surface area contributed by atoms with Crippen LogP contribution in [0.5, 0.6) is 0 Å². The van der Waals surface area contributed by atoms with Crippen LogP contribution < -0.4 is 0 Å². The van der Waals surface area contributed by atoms with Gasteiger partial charge >= 0.3 is 0 Å². The molecular weight excluding hydrogens is 388 g/mol. The summed E-state index contributed by atoms with van der Waals surface area (Å²) in [5.74, 6) is 0. The van der Waals surface area contributed by atoms with E-state index in [2.05, 4.69) is 19.9 Å². The van der Waals surface area contributed by atoms with Crippen LogP contribution in [0, 0.1) is 16.2 Å². The largest absolute Gasteiger partial charge is 0.278 e. The van der Waals surface area contributed by atoms with Crippen LogP contribution in [0.4, 0.5) is 5.69 Å². The molecule has 1 radical (unpaired) electrons. The monoisotopic (exact) mass is 425 g/mol. The maximum Gasteiger partial charge on any atom is 0.278 e. The van der Waals surface area contributed by atoms with E-state index >= 15 is 0 Å². The molecule has 0 heterocycles. The van der Waals surface area contributed by atoms with Crippen LogP contribution in [0.1, 0.15) is 90.9 Å². The van der Waals surface area contributed by atoms with Crippen molar-refractivity contribution in [3.8, 4) is 0 Å². The summed E-state index contributed by atoms with van der Waals surface area (Å²) in [5, 5.41) is 11.0. The summed E-state index contributed by atoms with van der Waals surface area (Å²) in [6, 6.07) is 6.32. The van der Waals surface area contributed by atoms with Crippen LogP contribution in [0.15, 0.2) is 23.1 Å². The third kappa shape index (κ3) is 9.72. The zero-order chi connectivity index (χ0) is 21.5. The summed E-state index contributed by atoms with van der Waals surface area (Å²) in [4.78, 5) is 10.4. The van der Waals surface area contributed by atoms with Crippen molar-refractivity contribution in [2.75, 3.05) is 13.1 Å². The van der Waals surface area contributed by atoms with Crippen molar-refractivity contribution in [3.05, 3.63) is 34.4 Å². The summed E-state index contributed by atoms with van der Waals surface area (Å²) in [7, 11) is -3.74. The van der Waals surface area contributed by atoms with E-state index in [1.54, 1.807) is 0 Å². The maximum absolute atomic E-state index is 13.1. The minimum Gasteiger partial charge on any atom is -0.258 e. The van der Waals surface area contributed by atoms with E-state index in [9.17, 15) is 18.5 Å². The molecule has 0 spiro atoms. The average molecular weight is 426 g/mol. The van der Waals surface area contributed by atoms with Gasteiger partial charge in [-0.2, -0.15) is 4.31 Å². The van der Waals surface area contributed by atoms with Gasteiger partial charge in [0.05, 0.1) is 15.9 Å². The van der Waals surface area contributed by atoms with Crippen LogP contribution in [-0.2, 0) is 10.0 Å². The second-order valence-electron chi connectivity index (χ2n) is 7.61. The van der Waals surface area contributed by atoms with Gasteiger partial charge in [-0.3, -0.25) is 10.1 Å². The lowest BCUT2D eigenvalue weighted by Gasteiger charge is -2.22. The Morgan fingerprint density at radius 3 is 1.86 bits per heavy atom. The Morgan fingerprint density at radius 1 is 0.897 bits per heavy atom. The van der Waals surface area contributed by atoms with E-state index < -0.39 is 14.9 Å². The van der Waals surface area contributed by atoms with Gasteiger partial charge in [0.2, 0.25) is 10.0 Å². The second-order valence-corrected chi connectivity index (χ2v) is 9.54. The molecule has 0 aromatic heterocycles. The molecular formula is C22H37N2O4S. The van der Waals surface area contributed by atoms with Crippen molar-refractivity contribution in [3.63, 3.8) is 0 Å². The Balaban J connectivity index is 2.75. The first-order chi connectivity index (χ1) is 13.9. The van der Waals surface area contributed by atoms with Gasteiger partial charge in [-0.05, 0) is 25.0 Å². The highest BCUT2D eigenvalue weighted by Gasteiger charge is 2.25. The lowest BCUT2D eigenvalue weighted by atomic mass is 10.1. The third-order valence-electron chi connectivity index (χ3n) is 5.11. The molecule has 0 saturated carbocycles. The highest BCUT2D eigenvalue weighted by atomic mass is 32.2. The van der Waals surface area contributed by atoms with Crippen LogP contribution in [-0.4, -0.2) is 30.7 Å². The van der Waals surface area contributed by atoms with E-state index in [1.165, 1.54) is 55.0 Å². The second kappa shape index (κ2) is 14.5. The predicted molar refractivity (Wildman–Crippen MR) is 117 cm³/mol. The van der Waals surface area contributed by atoms with Gasteiger partial charge in [0, 0.05) is 19.2 Å². The molecule has 0 aliphatic heterocycles. The van der Waals surface area contributed by atoms with Crippen molar-refractivity contribution >= 4 is 15.7 Å². The van der Waals surface area contributed by atoms with Gasteiger partial charge in [0.1, 0.15) is 0 Å². The fourth-order valence-corrected chi connectivity index (χ4v) is 4.88. The molecule has 0 amide bonds. The van der Waals surface area contributed by atoms with E-state index in [1.807, 2.05) is 0 Å². The number of hydrogen-bond acceptors (Lipinski definition) is 4. The number of nitro groups is 1. The first-order valence-corrected chi connectivity index (χ1v) is 12.5. The fourth-order valence-electron chi connectivity index (χ4n) is 3.34. The fraction of sp³-hybridized carbons (Fsp3) is 0.727. The summed E-state index contributed by atoms with van der Waals surface area (Å²) >= 11 is 0. The number of sulfonamides is 1. The Bertz CT molecular complexity index is 676. The number of non-ortho nitro benzene ring substituents is 1. The zero-order valence-electron chi connectivity index (χ0n) is 18.1. The van der Waals surface area contributed by atoms with E-state index in [0.29, 0.717) is 13.1 Å². The van der Waals surface area contributed by atoms with Crippen LogP contribution >= 0.6 is 0 Å². The number of unbranched alkanes of at least 4 members (excludes halogenated alkanes) is 10. The van der Waals surface area contributed by atoms with Crippen LogP contribution in [0.3, 0.4) is 0 Å². The molecule has 0 aliphatic rings. The summed E-state index contributed by atoms with van der Waals surface area (Å²) in [6.45, 7) is 5.28. The molecule has 0 saturated heterocycles. The zero-order valence-corrected chi connectivity index (χ0v) is 18.9. The minimum absolute atomic E-state index is 0.0140. The van der Waals surface area contributed by atoms with Gasteiger partial charge < -0.3 is 0 Å². The Kier molecular flexibility index (Phi) is 12.8. The molecule has 29 heavy (non-hydrogen) atoms. The first-order valence-electron chi connectivity index (χ1n) is 11.1. The molecule has 0 atom stereocenters. The quantitative estimate of drug-likeness (QED) is 0.171. The highest BCUT2D eigenvalue weighted by molar-refractivity contribution is 7.89. The highest BCUT2D eigenvalue weighted by Crippen LogP contribution is 2.22. The summed E-state index contributed by atoms with van der Waals surface area (Å²) in [6.07, 6.45) is 13.0. The third-order valence-corrected chi connectivity index (χ3v) is 7.01. The standard InChI is InChI=1S/C22H37N2O4S/c1-3-5-7-9-11-13-18-23(19-14-12-10-8-6-4-2)29(27,28)22-17-15-16-21(20-22)24(25)26/h15,17,20H,3-14,18-19H2,1-2H3. The van der Waals surface area contributed by atoms with Gasteiger partial charge in [-0.1, -0.05) is 78.1 Å². The number of hydrogen-bond donors (Lipinski definition) is 0. The number of nitro benzene ring substituents is 1. The number of benzene rings is 1. The van der Waals surface area contributed by atoms with Gasteiger partial charge in [-0.25, -0.2) is 8.42 Å². The van der Waals surface area contributed by atoms with E-state index in [-0.39, 0.29) is 10.6 Å². The predicted octanol–water partition coefficient (Wildman–Crippen LogP) is 6.11. The molecule has 0 aliphatic carbocycles. The van der Waals surface area contributed by atoms with Crippen LogP contribution in [0.25, 0.3) is 0 Å². The first kappa shape index (κ1) is 25.6. The smallest absolute Gasteiger partial charge is 0.258 e. The maximum atomic E-state index is 13.1. The minimum atomic E-state index is -3.74. The topological polar surface area (TPSA) is 80.5 Å². The molecule has 0 bridgehead atoms. The van der Waals surface area contributed by atoms with Gasteiger partial charge in [0.25, 0.3) is 5.69 Å². The van der Waals surface area contributed by atoms with Crippen molar-refractivity contribution < 1.29 is 13.3 Å². The lowest BCUT2D eigenvalue weighted by molar-refractivity contribution is -0.385. The SMILES string of the molecule is CCCCCCCCN(CCCCCCCC)S(=O)(=O)c1cc[c]c([N+](=O)[O-])c1. The molecule has 165 valence electrons. The summed E-state index contributed by atoms with van der Waals surface area (Å²) in [5.41, 5.74) is -0.315. The van der Waals surface area contributed by atoms with Gasteiger partial charge in [-0.15, -0.1) is 0 Å². The van der Waals surface area contributed by atoms with E-state index in [4.69, 9.17) is 0 Å². The molecule has 1 rings (SSSR count). The molecule has 7 heteroatoms. The van der Waals surface area contributed by atoms with Crippen molar-refractivity contribution in [2.45, 2.75) is 95.8 Å². The Hall–Kier alpha value is -1.47. The molecule has 0 unspecified atom stereocenters. The van der Waals surface area contributed by atoms with Crippen molar-refractivity contribution in [2.24, 2.45) is 0 Å². The molecule has 1 aromatic carbocycles.